The highest BCUT2D eigenvalue weighted by atomic mass is 19.4. The number of fused-ring (bicyclic) bond motifs is 1. The molecule has 3 aromatic rings. The van der Waals surface area contributed by atoms with E-state index in [0.717, 1.165) is 17.2 Å². The Morgan fingerprint density at radius 2 is 1.83 bits per heavy atom. The van der Waals surface area contributed by atoms with Crippen LogP contribution in [0.5, 0.6) is 0 Å². The van der Waals surface area contributed by atoms with Crippen molar-refractivity contribution >= 4 is 0 Å². The van der Waals surface area contributed by atoms with Gasteiger partial charge >= 0.3 is 6.18 Å². The number of aromatic amines is 1. The molecule has 150 valence electrons. The fourth-order valence-electron chi connectivity index (χ4n) is 3.65. The number of rotatable bonds is 3. The molecule has 29 heavy (non-hydrogen) atoms. The number of aryl methyl sites for hydroxylation is 1. The van der Waals surface area contributed by atoms with Crippen LogP contribution in [-0.2, 0) is 25.7 Å². The van der Waals surface area contributed by atoms with Crippen LogP contribution in [0, 0.1) is 6.92 Å². The summed E-state index contributed by atoms with van der Waals surface area (Å²) in [5.74, 6) is 0.478. The van der Waals surface area contributed by atoms with Crippen LogP contribution in [0.25, 0.3) is 11.4 Å². The Morgan fingerprint density at radius 1 is 1.10 bits per heavy atom. The SMILES string of the molecule is Cc1ccc(-c2nc3c(c(=O)[nH]2)CCN(Cc2ccccc2C(F)(F)F)C3)cc1. The van der Waals surface area contributed by atoms with Gasteiger partial charge in [0.05, 0.1) is 11.3 Å². The monoisotopic (exact) mass is 399 g/mol. The summed E-state index contributed by atoms with van der Waals surface area (Å²) in [7, 11) is 0. The molecule has 0 saturated heterocycles. The fraction of sp³-hybridized carbons (Fsp3) is 0.273. The summed E-state index contributed by atoms with van der Waals surface area (Å²) < 4.78 is 39.9. The Balaban J connectivity index is 1.62. The zero-order valence-corrected chi connectivity index (χ0v) is 15.9. The smallest absolute Gasteiger partial charge is 0.306 e. The van der Waals surface area contributed by atoms with Gasteiger partial charge in [0.25, 0.3) is 5.56 Å². The van der Waals surface area contributed by atoms with Gasteiger partial charge in [-0.05, 0) is 25.0 Å². The first-order valence-electron chi connectivity index (χ1n) is 9.38. The second-order valence-corrected chi connectivity index (χ2v) is 7.32. The Kier molecular flexibility index (Phi) is 5.00. The summed E-state index contributed by atoms with van der Waals surface area (Å²) in [6.07, 6.45) is -3.93. The first-order valence-corrected chi connectivity index (χ1v) is 9.38. The zero-order valence-electron chi connectivity index (χ0n) is 15.9. The average molecular weight is 399 g/mol. The molecule has 1 aromatic heterocycles. The molecule has 0 spiro atoms. The molecular formula is C22H20F3N3O. The summed E-state index contributed by atoms with van der Waals surface area (Å²) in [5.41, 5.74) is 2.57. The van der Waals surface area contributed by atoms with Crippen molar-refractivity contribution in [2.45, 2.75) is 32.6 Å². The summed E-state index contributed by atoms with van der Waals surface area (Å²) >= 11 is 0. The maximum atomic E-state index is 13.3. The van der Waals surface area contributed by atoms with Crippen molar-refractivity contribution < 1.29 is 13.2 Å². The number of halogens is 3. The van der Waals surface area contributed by atoms with Crippen LogP contribution in [0.1, 0.15) is 27.9 Å². The lowest BCUT2D eigenvalue weighted by atomic mass is 10.0. The standard InChI is InChI=1S/C22H20F3N3O/c1-14-6-8-15(9-7-14)20-26-19-13-28(11-10-17(19)21(29)27-20)12-16-4-2-3-5-18(16)22(23,24)25/h2-9H,10-13H2,1H3,(H,26,27,29). The minimum atomic E-state index is -4.39. The highest BCUT2D eigenvalue weighted by Gasteiger charge is 2.33. The number of H-pyrrole nitrogens is 1. The highest BCUT2D eigenvalue weighted by Crippen LogP contribution is 2.33. The van der Waals surface area contributed by atoms with E-state index in [1.165, 1.54) is 12.1 Å². The first-order chi connectivity index (χ1) is 13.8. The molecule has 4 nitrogen and oxygen atoms in total. The van der Waals surface area contributed by atoms with Crippen molar-refractivity contribution in [3.63, 3.8) is 0 Å². The molecule has 4 rings (SSSR count). The van der Waals surface area contributed by atoms with Gasteiger partial charge in [0.2, 0.25) is 0 Å². The van der Waals surface area contributed by atoms with Gasteiger partial charge in [0.1, 0.15) is 5.82 Å². The number of hydrogen-bond donors (Lipinski definition) is 1. The maximum Gasteiger partial charge on any atom is 0.416 e. The third kappa shape index (κ3) is 4.10. The molecule has 2 heterocycles. The van der Waals surface area contributed by atoms with Gasteiger partial charge in [0.15, 0.2) is 0 Å². The first kappa shape index (κ1) is 19.4. The predicted octanol–water partition coefficient (Wildman–Crippen LogP) is 4.32. The molecule has 1 N–H and O–H groups in total. The molecule has 0 radical (unpaired) electrons. The van der Waals surface area contributed by atoms with Gasteiger partial charge in [-0.3, -0.25) is 9.69 Å². The number of alkyl halides is 3. The van der Waals surface area contributed by atoms with Gasteiger partial charge in [0, 0.05) is 30.8 Å². The van der Waals surface area contributed by atoms with E-state index >= 15 is 0 Å². The van der Waals surface area contributed by atoms with E-state index in [9.17, 15) is 18.0 Å². The molecule has 1 aliphatic rings. The molecule has 2 aromatic carbocycles. The van der Waals surface area contributed by atoms with Crippen LogP contribution in [0.3, 0.4) is 0 Å². The molecule has 0 unspecified atom stereocenters. The zero-order chi connectivity index (χ0) is 20.6. The second kappa shape index (κ2) is 7.48. The van der Waals surface area contributed by atoms with Crippen molar-refractivity contribution in [1.82, 2.24) is 14.9 Å². The largest absolute Gasteiger partial charge is 0.416 e. The molecular weight excluding hydrogens is 379 g/mol. The summed E-state index contributed by atoms with van der Waals surface area (Å²) in [6.45, 7) is 2.98. The van der Waals surface area contributed by atoms with E-state index < -0.39 is 11.7 Å². The van der Waals surface area contributed by atoms with Crippen LogP contribution in [0.15, 0.2) is 53.3 Å². The van der Waals surface area contributed by atoms with Crippen LogP contribution in [0.4, 0.5) is 13.2 Å². The molecule has 0 atom stereocenters. The quantitative estimate of drug-likeness (QED) is 0.714. The fourth-order valence-corrected chi connectivity index (χ4v) is 3.65. The topological polar surface area (TPSA) is 49.0 Å². The Hall–Kier alpha value is -2.93. The van der Waals surface area contributed by atoms with Crippen molar-refractivity contribution in [3.05, 3.63) is 86.8 Å². The minimum Gasteiger partial charge on any atom is -0.306 e. The van der Waals surface area contributed by atoms with Crippen molar-refractivity contribution in [2.75, 3.05) is 6.54 Å². The summed E-state index contributed by atoms with van der Waals surface area (Å²) in [5, 5.41) is 0. The van der Waals surface area contributed by atoms with E-state index in [2.05, 4.69) is 9.97 Å². The number of nitrogens with zero attached hydrogens (tertiary/aromatic N) is 2. The van der Waals surface area contributed by atoms with E-state index in [-0.39, 0.29) is 17.7 Å². The second-order valence-electron chi connectivity index (χ2n) is 7.32. The van der Waals surface area contributed by atoms with Crippen molar-refractivity contribution in [3.8, 4) is 11.4 Å². The van der Waals surface area contributed by atoms with Crippen molar-refractivity contribution in [2.24, 2.45) is 0 Å². The van der Waals surface area contributed by atoms with Gasteiger partial charge in [-0.25, -0.2) is 4.98 Å². The Bertz CT molecular complexity index is 1090. The highest BCUT2D eigenvalue weighted by molar-refractivity contribution is 5.55. The van der Waals surface area contributed by atoms with Gasteiger partial charge in [-0.15, -0.1) is 0 Å². The van der Waals surface area contributed by atoms with Gasteiger partial charge in [-0.1, -0.05) is 48.0 Å². The van der Waals surface area contributed by atoms with E-state index in [1.807, 2.05) is 36.1 Å². The van der Waals surface area contributed by atoms with E-state index in [0.29, 0.717) is 36.6 Å². The van der Waals surface area contributed by atoms with Gasteiger partial charge < -0.3 is 4.98 Å². The lowest BCUT2D eigenvalue weighted by Gasteiger charge is -2.28. The van der Waals surface area contributed by atoms with Crippen LogP contribution in [0.2, 0.25) is 0 Å². The Morgan fingerprint density at radius 3 is 2.55 bits per heavy atom. The molecule has 0 bridgehead atoms. The molecule has 1 aliphatic heterocycles. The number of aromatic nitrogens is 2. The maximum absolute atomic E-state index is 13.3. The average Bonchev–Trinajstić information content (AvgIpc) is 2.68. The van der Waals surface area contributed by atoms with Crippen LogP contribution >= 0.6 is 0 Å². The molecule has 7 heteroatoms. The summed E-state index contributed by atoms with van der Waals surface area (Å²) in [4.78, 5) is 21.9. The van der Waals surface area contributed by atoms with E-state index in [4.69, 9.17) is 0 Å². The Labute approximate surface area is 166 Å². The normalized spacial score (nSPS) is 14.6. The molecule has 0 saturated carbocycles. The third-order valence-corrected chi connectivity index (χ3v) is 5.19. The number of nitrogens with one attached hydrogen (secondary N) is 1. The van der Waals surface area contributed by atoms with E-state index in [1.54, 1.807) is 6.07 Å². The summed E-state index contributed by atoms with van der Waals surface area (Å²) in [6, 6.07) is 13.3. The van der Waals surface area contributed by atoms with Gasteiger partial charge in [-0.2, -0.15) is 13.2 Å². The number of hydrogen-bond acceptors (Lipinski definition) is 3. The number of benzene rings is 2. The molecule has 0 fully saturated rings. The van der Waals surface area contributed by atoms with Crippen LogP contribution in [-0.4, -0.2) is 21.4 Å². The lowest BCUT2D eigenvalue weighted by molar-refractivity contribution is -0.138. The molecule has 0 aliphatic carbocycles. The third-order valence-electron chi connectivity index (χ3n) is 5.19. The predicted molar refractivity (Wildman–Crippen MR) is 104 cm³/mol. The minimum absolute atomic E-state index is 0.156. The van der Waals surface area contributed by atoms with Crippen LogP contribution < -0.4 is 5.56 Å². The molecule has 0 amide bonds. The van der Waals surface area contributed by atoms with Crippen molar-refractivity contribution in [1.29, 1.82) is 0 Å². The lowest BCUT2D eigenvalue weighted by Crippen LogP contribution is -2.35.